The topological polar surface area (TPSA) is 146 Å². The molecule has 0 spiro atoms. The molecular formula is C42H36N4O7. The number of para-hydroxylation sites is 2. The molecule has 0 atom stereocenters. The lowest BCUT2D eigenvalue weighted by Crippen LogP contribution is -2.07. The number of esters is 1. The Labute approximate surface area is 304 Å². The van der Waals surface area contributed by atoms with Crippen molar-refractivity contribution >= 4 is 33.7 Å². The second-order valence-corrected chi connectivity index (χ2v) is 12.3. The van der Waals surface area contributed by atoms with Crippen LogP contribution >= 0.6 is 0 Å². The Hall–Kier alpha value is -6.72. The summed E-state index contributed by atoms with van der Waals surface area (Å²) >= 11 is 0. The zero-order chi connectivity index (χ0) is 36.6. The van der Waals surface area contributed by atoms with Crippen molar-refractivity contribution in [3.05, 3.63) is 156 Å². The quantitative estimate of drug-likeness (QED) is 0.120. The summed E-state index contributed by atoms with van der Waals surface area (Å²) in [4.78, 5) is 22.1. The number of fused-ring (bicyclic) bond motifs is 2. The molecule has 8 rings (SSSR count). The van der Waals surface area contributed by atoms with Crippen LogP contribution in [0.25, 0.3) is 44.7 Å². The highest BCUT2D eigenvalue weighted by molar-refractivity contribution is 5.93. The molecule has 0 aliphatic heterocycles. The van der Waals surface area contributed by atoms with Crippen molar-refractivity contribution in [3.8, 4) is 22.9 Å². The molecule has 266 valence electrons. The maximum Gasteiger partial charge on any atom is 0.306 e. The number of carboxylic acid groups (broad SMARTS) is 1. The second kappa shape index (κ2) is 16.1. The summed E-state index contributed by atoms with van der Waals surface area (Å²) in [5.41, 5.74) is 5.91. The Morgan fingerprint density at radius 2 is 1.06 bits per heavy atom. The molecule has 0 saturated heterocycles. The highest BCUT2D eigenvalue weighted by atomic mass is 16.5. The van der Waals surface area contributed by atoms with Gasteiger partial charge in [-0.15, -0.1) is 0 Å². The van der Waals surface area contributed by atoms with Crippen LogP contribution in [0.2, 0.25) is 0 Å². The van der Waals surface area contributed by atoms with Crippen LogP contribution in [0.1, 0.15) is 35.5 Å². The van der Waals surface area contributed by atoms with E-state index in [0.29, 0.717) is 41.8 Å². The van der Waals surface area contributed by atoms with Gasteiger partial charge in [-0.3, -0.25) is 19.0 Å². The van der Waals surface area contributed by atoms with Gasteiger partial charge in [0.25, 0.3) is 0 Å². The van der Waals surface area contributed by atoms with Gasteiger partial charge in [0.1, 0.15) is 36.1 Å². The number of carboxylic acids is 1. The first-order valence-electron chi connectivity index (χ1n) is 17.1. The first-order chi connectivity index (χ1) is 25.9. The standard InChI is InChI=1S/C23H20N2O5.C19H16N2O2/c26-21(27)12-13-22(28)29-15-17-10-11-20(30-17)23-18-8-4-5-9-19(18)25(24-23)14-16-6-2-1-3-7-16;22-13-15-10-11-18(23-15)19-16-8-4-5-9-17(16)21(20-19)12-14-6-2-1-3-7-14/h1-11H,12-15H2,(H,26,27);1-11,22H,12-13H2. The number of nitrogens with zero attached hydrogens (tertiary/aromatic N) is 4. The van der Waals surface area contributed by atoms with E-state index in [-0.39, 0.29) is 26.1 Å². The minimum absolute atomic E-state index is 0.0545. The molecule has 0 aliphatic carbocycles. The normalized spacial score (nSPS) is 11.0. The van der Waals surface area contributed by atoms with Crippen molar-refractivity contribution in [3.63, 3.8) is 0 Å². The fourth-order valence-corrected chi connectivity index (χ4v) is 5.98. The summed E-state index contributed by atoms with van der Waals surface area (Å²) in [7, 11) is 0. The summed E-state index contributed by atoms with van der Waals surface area (Å²) in [5.74, 6) is 0.654. The zero-order valence-electron chi connectivity index (χ0n) is 28.7. The van der Waals surface area contributed by atoms with Crippen LogP contribution in [-0.4, -0.2) is 41.7 Å². The van der Waals surface area contributed by atoms with Gasteiger partial charge in [0.05, 0.1) is 37.0 Å². The average molecular weight is 709 g/mol. The monoisotopic (exact) mass is 708 g/mol. The summed E-state index contributed by atoms with van der Waals surface area (Å²) in [6, 6.07) is 43.5. The molecule has 0 aliphatic rings. The Morgan fingerprint density at radius 3 is 1.55 bits per heavy atom. The van der Waals surface area contributed by atoms with E-state index in [1.54, 1.807) is 18.2 Å². The Morgan fingerprint density at radius 1 is 0.585 bits per heavy atom. The summed E-state index contributed by atoms with van der Waals surface area (Å²) in [5, 5.41) is 29.3. The fourth-order valence-electron chi connectivity index (χ4n) is 5.98. The number of aliphatic hydroxyl groups is 1. The average Bonchev–Trinajstić information content (AvgIpc) is 4.00. The van der Waals surface area contributed by atoms with Crippen molar-refractivity contribution in [1.82, 2.24) is 19.6 Å². The van der Waals surface area contributed by atoms with Gasteiger partial charge in [-0.05, 0) is 47.5 Å². The van der Waals surface area contributed by atoms with Crippen LogP contribution in [0.15, 0.2) is 142 Å². The molecule has 53 heavy (non-hydrogen) atoms. The molecule has 4 aromatic carbocycles. The maximum atomic E-state index is 11.6. The van der Waals surface area contributed by atoms with Gasteiger partial charge in [0.15, 0.2) is 11.5 Å². The van der Waals surface area contributed by atoms with E-state index in [0.717, 1.165) is 33.1 Å². The van der Waals surface area contributed by atoms with E-state index < -0.39 is 11.9 Å². The van der Waals surface area contributed by atoms with Crippen molar-refractivity contribution in [2.75, 3.05) is 0 Å². The minimum Gasteiger partial charge on any atom is -0.481 e. The fraction of sp³-hybridized carbons (Fsp3) is 0.143. The summed E-state index contributed by atoms with van der Waals surface area (Å²) in [6.07, 6.45) is -0.426. The predicted octanol–water partition coefficient (Wildman–Crippen LogP) is 8.09. The van der Waals surface area contributed by atoms with Crippen LogP contribution in [-0.2, 0) is 40.6 Å². The van der Waals surface area contributed by atoms with E-state index in [1.165, 1.54) is 5.56 Å². The van der Waals surface area contributed by atoms with Crippen LogP contribution in [0, 0.1) is 0 Å². The second-order valence-electron chi connectivity index (χ2n) is 12.3. The SMILES string of the molecule is O=C(O)CCC(=O)OCc1ccc(-c2nn(Cc3ccccc3)c3ccccc23)o1.OCc1ccc(-c2nn(Cc3ccccc3)c3ccccc23)o1. The predicted molar refractivity (Wildman–Crippen MR) is 199 cm³/mol. The summed E-state index contributed by atoms with van der Waals surface area (Å²) in [6.45, 7) is 1.18. The van der Waals surface area contributed by atoms with Gasteiger partial charge in [0.2, 0.25) is 0 Å². The largest absolute Gasteiger partial charge is 0.481 e. The van der Waals surface area contributed by atoms with Crippen LogP contribution in [0.3, 0.4) is 0 Å². The molecule has 4 aromatic heterocycles. The van der Waals surface area contributed by atoms with Gasteiger partial charge >= 0.3 is 11.9 Å². The Balaban J connectivity index is 0.000000170. The third-order valence-corrected chi connectivity index (χ3v) is 8.53. The van der Waals surface area contributed by atoms with Gasteiger partial charge in [-0.25, -0.2) is 0 Å². The number of benzene rings is 4. The van der Waals surface area contributed by atoms with Gasteiger partial charge < -0.3 is 23.8 Å². The molecule has 0 bridgehead atoms. The van der Waals surface area contributed by atoms with Crippen LogP contribution < -0.4 is 0 Å². The third kappa shape index (κ3) is 8.27. The Bertz CT molecular complexity index is 2460. The number of hydrogen-bond donors (Lipinski definition) is 2. The number of aliphatic hydroxyl groups excluding tert-OH is 1. The van der Waals surface area contributed by atoms with E-state index in [2.05, 4.69) is 30.3 Å². The van der Waals surface area contributed by atoms with Crippen molar-refractivity contribution < 1.29 is 33.4 Å². The molecule has 0 saturated carbocycles. The number of aromatic nitrogens is 4. The van der Waals surface area contributed by atoms with Crippen molar-refractivity contribution in [2.45, 2.75) is 39.1 Å². The molecule has 11 nitrogen and oxygen atoms in total. The third-order valence-electron chi connectivity index (χ3n) is 8.53. The summed E-state index contributed by atoms with van der Waals surface area (Å²) < 4.78 is 20.5. The first kappa shape index (κ1) is 34.7. The van der Waals surface area contributed by atoms with Crippen molar-refractivity contribution in [1.29, 1.82) is 0 Å². The van der Waals surface area contributed by atoms with Gasteiger partial charge in [-0.1, -0.05) is 97.1 Å². The lowest BCUT2D eigenvalue weighted by Gasteiger charge is -2.03. The maximum absolute atomic E-state index is 11.6. The molecule has 0 fully saturated rings. The van der Waals surface area contributed by atoms with E-state index in [9.17, 15) is 14.7 Å². The molecule has 2 N–H and O–H groups in total. The number of rotatable bonds is 12. The lowest BCUT2D eigenvalue weighted by molar-refractivity contribution is -0.149. The highest BCUT2D eigenvalue weighted by Crippen LogP contribution is 2.31. The Kier molecular flexibility index (Phi) is 10.5. The number of ether oxygens (including phenoxy) is 1. The lowest BCUT2D eigenvalue weighted by atomic mass is 10.2. The highest BCUT2D eigenvalue weighted by Gasteiger charge is 2.17. The number of carbonyl (C=O) groups excluding carboxylic acids is 1. The molecule has 0 radical (unpaired) electrons. The smallest absolute Gasteiger partial charge is 0.306 e. The minimum atomic E-state index is -1.04. The number of aliphatic carboxylic acids is 1. The molecule has 0 unspecified atom stereocenters. The van der Waals surface area contributed by atoms with Crippen LogP contribution in [0.5, 0.6) is 0 Å². The van der Waals surface area contributed by atoms with Gasteiger partial charge in [-0.2, -0.15) is 10.2 Å². The van der Waals surface area contributed by atoms with E-state index in [1.807, 2.05) is 94.3 Å². The van der Waals surface area contributed by atoms with Crippen LogP contribution in [0.4, 0.5) is 0 Å². The molecule has 8 aromatic rings. The zero-order valence-corrected chi connectivity index (χ0v) is 28.7. The number of carbonyl (C=O) groups is 2. The first-order valence-corrected chi connectivity index (χ1v) is 17.1. The molecule has 4 heterocycles. The molecule has 0 amide bonds. The van der Waals surface area contributed by atoms with Gasteiger partial charge in [0, 0.05) is 10.8 Å². The number of furan rings is 2. The van der Waals surface area contributed by atoms with E-state index >= 15 is 0 Å². The number of hydrogen-bond acceptors (Lipinski definition) is 8. The van der Waals surface area contributed by atoms with E-state index in [4.69, 9.17) is 28.9 Å². The molecule has 11 heteroatoms. The van der Waals surface area contributed by atoms with Crippen molar-refractivity contribution in [2.24, 2.45) is 0 Å². The molecular weight excluding hydrogens is 672 g/mol.